The van der Waals surface area contributed by atoms with Crippen molar-refractivity contribution in [2.75, 3.05) is 6.61 Å². The molecule has 1 heterocycles. The number of hydrogen-bond donors (Lipinski definition) is 0. The van der Waals surface area contributed by atoms with Gasteiger partial charge in [-0.2, -0.15) is 0 Å². The number of hydrogen-bond acceptors (Lipinski definition) is 4. The van der Waals surface area contributed by atoms with Crippen molar-refractivity contribution in [1.29, 1.82) is 0 Å². The molecule has 0 bridgehead atoms. The van der Waals surface area contributed by atoms with E-state index >= 15 is 0 Å². The fraction of sp³-hybridized carbons (Fsp3) is 0.353. The number of benzene rings is 1. The van der Waals surface area contributed by atoms with Crippen molar-refractivity contribution in [3.8, 4) is 5.75 Å². The Balaban J connectivity index is 2.12. The molecule has 0 unspecified atom stereocenters. The average Bonchev–Trinajstić information content (AvgIpc) is 2.55. The normalized spacial score (nSPS) is 10.6. The molecule has 0 spiro atoms. The van der Waals surface area contributed by atoms with Crippen molar-refractivity contribution in [3.63, 3.8) is 0 Å². The molecule has 0 saturated carbocycles. The van der Waals surface area contributed by atoms with Crippen LogP contribution in [0, 0.1) is 10.1 Å². The number of pyridine rings is 1. The maximum Gasteiger partial charge on any atom is 0.288 e. The summed E-state index contributed by atoms with van der Waals surface area (Å²) in [5.41, 5.74) is 0.105. The molecule has 1 aromatic heterocycles. The minimum Gasteiger partial charge on any atom is -0.493 e. The quantitative estimate of drug-likeness (QED) is 0.409. The lowest BCUT2D eigenvalue weighted by molar-refractivity contribution is -0.384. The van der Waals surface area contributed by atoms with Gasteiger partial charge in [-0.15, -0.1) is 0 Å². The first kappa shape index (κ1) is 18.0. The zero-order valence-electron chi connectivity index (χ0n) is 13.4. The average molecular weight is 351 g/mol. The van der Waals surface area contributed by atoms with Crippen LogP contribution in [0.1, 0.15) is 31.7 Å². The van der Waals surface area contributed by atoms with Crippen LogP contribution in [-0.2, 0) is 6.54 Å². The Morgan fingerprint density at radius 1 is 1.29 bits per heavy atom. The molecular weight excluding hydrogens is 332 g/mol. The van der Waals surface area contributed by atoms with E-state index in [0.717, 1.165) is 19.3 Å². The van der Waals surface area contributed by atoms with E-state index in [1.54, 1.807) is 24.4 Å². The number of aromatic nitrogens is 1. The van der Waals surface area contributed by atoms with E-state index < -0.39 is 4.92 Å². The third-order valence-electron chi connectivity index (χ3n) is 3.58. The number of halogens is 1. The van der Waals surface area contributed by atoms with Crippen LogP contribution in [0.2, 0.25) is 5.02 Å². The third kappa shape index (κ3) is 4.58. The largest absolute Gasteiger partial charge is 0.493 e. The first-order chi connectivity index (χ1) is 11.5. The summed E-state index contributed by atoms with van der Waals surface area (Å²) in [4.78, 5) is 22.6. The summed E-state index contributed by atoms with van der Waals surface area (Å²) in [5.74, 6) is 0.525. The molecule has 2 rings (SSSR count). The Bertz CT molecular complexity index is 773. The Morgan fingerprint density at radius 3 is 2.75 bits per heavy atom. The Hall–Kier alpha value is -2.34. The zero-order chi connectivity index (χ0) is 17.5. The highest BCUT2D eigenvalue weighted by atomic mass is 35.5. The van der Waals surface area contributed by atoms with Crippen molar-refractivity contribution in [1.82, 2.24) is 4.57 Å². The Kier molecular flexibility index (Phi) is 6.37. The second-order valence-electron chi connectivity index (χ2n) is 5.39. The van der Waals surface area contributed by atoms with Gasteiger partial charge >= 0.3 is 0 Å². The molecule has 0 aliphatic carbocycles. The fourth-order valence-electron chi connectivity index (χ4n) is 2.26. The first-order valence-corrected chi connectivity index (χ1v) is 8.15. The molecular formula is C17H19ClN2O4. The molecule has 128 valence electrons. The predicted octanol–water partition coefficient (Wildman–Crippen LogP) is 4.03. The molecule has 0 saturated heterocycles. The van der Waals surface area contributed by atoms with Gasteiger partial charge in [0.25, 0.3) is 11.2 Å². The summed E-state index contributed by atoms with van der Waals surface area (Å²) in [6, 6.07) is 7.67. The van der Waals surface area contributed by atoms with Gasteiger partial charge in [-0.3, -0.25) is 14.9 Å². The Morgan fingerprint density at radius 2 is 2.08 bits per heavy atom. The van der Waals surface area contributed by atoms with Gasteiger partial charge in [-0.05, 0) is 18.1 Å². The highest BCUT2D eigenvalue weighted by Gasteiger charge is 2.15. The molecule has 24 heavy (non-hydrogen) atoms. The monoisotopic (exact) mass is 350 g/mol. The molecule has 0 N–H and O–H groups in total. The van der Waals surface area contributed by atoms with E-state index in [0.29, 0.717) is 17.9 Å². The fourth-order valence-corrected chi connectivity index (χ4v) is 2.52. The lowest BCUT2D eigenvalue weighted by Crippen LogP contribution is -2.19. The molecule has 0 aliphatic rings. The smallest absolute Gasteiger partial charge is 0.288 e. The summed E-state index contributed by atoms with van der Waals surface area (Å²) >= 11 is 6.05. The summed E-state index contributed by atoms with van der Waals surface area (Å²) in [6.45, 7) is 2.85. The van der Waals surface area contributed by atoms with Gasteiger partial charge in [0, 0.05) is 18.3 Å². The lowest BCUT2D eigenvalue weighted by atomic mass is 10.2. The van der Waals surface area contributed by atoms with Crippen LogP contribution in [0.5, 0.6) is 5.75 Å². The van der Waals surface area contributed by atoms with Gasteiger partial charge in [-0.1, -0.05) is 43.5 Å². The maximum absolute atomic E-state index is 12.2. The van der Waals surface area contributed by atoms with Crippen molar-refractivity contribution >= 4 is 17.3 Å². The van der Waals surface area contributed by atoms with Gasteiger partial charge in [0.2, 0.25) is 0 Å². The number of unbranched alkanes of at least 4 members (excludes halogenated alkanes) is 2. The molecule has 0 radical (unpaired) electrons. The van der Waals surface area contributed by atoms with Crippen molar-refractivity contribution in [2.45, 2.75) is 32.7 Å². The molecule has 2 aromatic rings. The molecule has 6 nitrogen and oxygen atoms in total. The van der Waals surface area contributed by atoms with E-state index in [1.165, 1.54) is 16.7 Å². The van der Waals surface area contributed by atoms with Crippen LogP contribution < -0.4 is 10.3 Å². The van der Waals surface area contributed by atoms with Crippen LogP contribution >= 0.6 is 11.6 Å². The summed E-state index contributed by atoms with van der Waals surface area (Å²) in [6.07, 6.45) is 4.74. The minimum atomic E-state index is -0.540. The molecule has 1 aromatic carbocycles. The van der Waals surface area contributed by atoms with Crippen molar-refractivity contribution in [2.24, 2.45) is 0 Å². The highest BCUT2D eigenvalue weighted by molar-refractivity contribution is 6.33. The number of nitro benzene ring substituents is 1. The van der Waals surface area contributed by atoms with E-state index in [1.807, 2.05) is 0 Å². The number of ether oxygens (including phenoxy) is 1. The van der Waals surface area contributed by atoms with Gasteiger partial charge in [0.15, 0.2) is 0 Å². The zero-order valence-corrected chi connectivity index (χ0v) is 14.2. The van der Waals surface area contributed by atoms with Crippen LogP contribution in [-0.4, -0.2) is 16.1 Å². The number of nitrogens with zero attached hydrogens (tertiary/aromatic N) is 2. The summed E-state index contributed by atoms with van der Waals surface area (Å²) in [7, 11) is 0. The lowest BCUT2D eigenvalue weighted by Gasteiger charge is -2.10. The highest BCUT2D eigenvalue weighted by Crippen LogP contribution is 2.28. The van der Waals surface area contributed by atoms with Crippen molar-refractivity contribution in [3.05, 3.63) is 67.6 Å². The number of rotatable bonds is 8. The minimum absolute atomic E-state index is 0.0503. The van der Waals surface area contributed by atoms with Gasteiger partial charge in [-0.25, -0.2) is 0 Å². The van der Waals surface area contributed by atoms with E-state index in [2.05, 4.69) is 6.92 Å². The maximum atomic E-state index is 12.2. The second kappa shape index (κ2) is 8.49. The van der Waals surface area contributed by atoms with E-state index in [9.17, 15) is 14.9 Å². The van der Waals surface area contributed by atoms with E-state index in [4.69, 9.17) is 16.3 Å². The van der Waals surface area contributed by atoms with Crippen molar-refractivity contribution < 1.29 is 9.66 Å². The number of nitro groups is 1. The topological polar surface area (TPSA) is 74.4 Å². The SMILES string of the molecule is CCCCCOc1ccn(Cc2cccc([N+](=O)[O-])c2Cl)c(=O)c1. The molecule has 0 fully saturated rings. The van der Waals surface area contributed by atoms with Crippen LogP contribution in [0.4, 0.5) is 5.69 Å². The van der Waals surface area contributed by atoms with E-state index in [-0.39, 0.29) is 22.8 Å². The molecule has 0 amide bonds. The predicted molar refractivity (Wildman–Crippen MR) is 92.9 cm³/mol. The summed E-state index contributed by atoms with van der Waals surface area (Å²) < 4.78 is 6.97. The van der Waals surface area contributed by atoms with Crippen LogP contribution in [0.25, 0.3) is 0 Å². The standard InChI is InChI=1S/C17H19ClN2O4/c1-2-3-4-10-24-14-8-9-19(16(21)11-14)12-13-6-5-7-15(17(13)18)20(22)23/h5-9,11H,2-4,10,12H2,1H3. The van der Waals surface area contributed by atoms with Crippen LogP contribution in [0.15, 0.2) is 41.3 Å². The molecule has 0 aliphatic heterocycles. The third-order valence-corrected chi connectivity index (χ3v) is 4.02. The Labute approximate surface area is 144 Å². The molecule has 0 atom stereocenters. The van der Waals surface area contributed by atoms with Crippen LogP contribution in [0.3, 0.4) is 0 Å². The first-order valence-electron chi connectivity index (χ1n) is 7.78. The second-order valence-corrected chi connectivity index (χ2v) is 5.77. The van der Waals surface area contributed by atoms with Gasteiger partial charge in [0.1, 0.15) is 10.8 Å². The van der Waals surface area contributed by atoms with Gasteiger partial charge < -0.3 is 9.30 Å². The summed E-state index contributed by atoms with van der Waals surface area (Å²) in [5, 5.41) is 11.0. The van der Waals surface area contributed by atoms with Gasteiger partial charge in [0.05, 0.1) is 18.1 Å². The molecule has 7 heteroatoms.